The van der Waals surface area contributed by atoms with Crippen molar-refractivity contribution in [3.63, 3.8) is 0 Å². The van der Waals surface area contributed by atoms with Crippen LogP contribution in [0.3, 0.4) is 0 Å². The SMILES string of the molecule is CN=C(NCc1ccc(COC)cc1)NCc1ccc(C)cc1OCC(F)(F)F.I. The third kappa shape index (κ3) is 9.21. The van der Waals surface area contributed by atoms with Crippen LogP contribution in [0.5, 0.6) is 5.75 Å². The van der Waals surface area contributed by atoms with E-state index in [1.807, 2.05) is 30.3 Å². The first-order valence-corrected chi connectivity index (χ1v) is 9.11. The largest absolute Gasteiger partial charge is 0.484 e. The third-order valence-electron chi connectivity index (χ3n) is 4.08. The van der Waals surface area contributed by atoms with Crippen LogP contribution in [0.25, 0.3) is 0 Å². The smallest absolute Gasteiger partial charge is 0.422 e. The Labute approximate surface area is 192 Å². The highest BCUT2D eigenvalue weighted by Gasteiger charge is 2.28. The van der Waals surface area contributed by atoms with E-state index in [2.05, 4.69) is 15.6 Å². The summed E-state index contributed by atoms with van der Waals surface area (Å²) in [4.78, 5) is 4.15. The molecule has 0 saturated carbocycles. The number of aliphatic imine (C=N–C) groups is 1. The number of nitrogens with zero attached hydrogens (tertiary/aromatic N) is 1. The first-order chi connectivity index (χ1) is 13.8. The summed E-state index contributed by atoms with van der Waals surface area (Å²) in [7, 11) is 3.28. The van der Waals surface area contributed by atoms with Crippen molar-refractivity contribution in [3.8, 4) is 5.75 Å². The molecule has 0 aromatic heterocycles. The number of ether oxygens (including phenoxy) is 2. The minimum Gasteiger partial charge on any atom is -0.484 e. The van der Waals surface area contributed by atoms with Crippen LogP contribution in [0.2, 0.25) is 0 Å². The van der Waals surface area contributed by atoms with E-state index in [-0.39, 0.29) is 36.3 Å². The predicted octanol–water partition coefficient (Wildman–Crippen LogP) is 4.57. The summed E-state index contributed by atoms with van der Waals surface area (Å²) in [5, 5.41) is 6.28. The number of hydrogen-bond donors (Lipinski definition) is 2. The van der Waals surface area contributed by atoms with Gasteiger partial charge in [0.25, 0.3) is 0 Å². The van der Waals surface area contributed by atoms with Gasteiger partial charge in [-0.2, -0.15) is 13.2 Å². The fourth-order valence-electron chi connectivity index (χ4n) is 2.61. The van der Waals surface area contributed by atoms with E-state index >= 15 is 0 Å². The Hall–Kier alpha value is -2.01. The molecule has 0 fully saturated rings. The average Bonchev–Trinajstić information content (AvgIpc) is 2.68. The minimum atomic E-state index is -4.38. The molecular formula is C21H27F3IN3O2. The molecule has 0 aliphatic heterocycles. The van der Waals surface area contributed by atoms with Gasteiger partial charge in [-0.05, 0) is 29.7 Å². The second-order valence-electron chi connectivity index (χ2n) is 6.54. The lowest BCUT2D eigenvalue weighted by atomic mass is 10.1. The standard InChI is InChI=1S/C21H26F3N3O2.HI/c1-15-4-9-18(19(10-15)29-14-21(22,23)24)12-27-20(25-2)26-11-16-5-7-17(8-6-16)13-28-3;/h4-10H,11-14H2,1-3H3,(H2,25,26,27);1H. The van der Waals surface area contributed by atoms with Crippen molar-refractivity contribution >= 4 is 29.9 Å². The molecule has 0 radical (unpaired) electrons. The lowest BCUT2D eigenvalue weighted by molar-refractivity contribution is -0.153. The Kier molecular flexibility index (Phi) is 11.0. The molecule has 0 aliphatic rings. The third-order valence-corrected chi connectivity index (χ3v) is 4.08. The Balaban J connectivity index is 0.00000450. The minimum absolute atomic E-state index is 0. The number of alkyl halides is 3. The number of nitrogens with one attached hydrogen (secondary N) is 2. The van der Waals surface area contributed by atoms with Crippen molar-refractivity contribution in [1.29, 1.82) is 0 Å². The molecule has 2 aromatic carbocycles. The van der Waals surface area contributed by atoms with Crippen LogP contribution in [0.4, 0.5) is 13.2 Å². The van der Waals surface area contributed by atoms with Crippen LogP contribution >= 0.6 is 24.0 Å². The van der Waals surface area contributed by atoms with Gasteiger partial charge in [-0.3, -0.25) is 4.99 Å². The van der Waals surface area contributed by atoms with Crippen LogP contribution in [0.1, 0.15) is 22.3 Å². The number of aryl methyl sites for hydroxylation is 1. The topological polar surface area (TPSA) is 54.9 Å². The Morgan fingerprint density at radius 2 is 1.63 bits per heavy atom. The van der Waals surface area contributed by atoms with Gasteiger partial charge in [-0.15, -0.1) is 24.0 Å². The van der Waals surface area contributed by atoms with Crippen molar-refractivity contribution in [3.05, 3.63) is 64.7 Å². The molecule has 0 unspecified atom stereocenters. The normalized spacial score (nSPS) is 11.6. The number of hydrogen-bond acceptors (Lipinski definition) is 3. The van der Waals surface area contributed by atoms with Crippen LogP contribution in [-0.4, -0.2) is 32.9 Å². The van der Waals surface area contributed by atoms with E-state index in [0.29, 0.717) is 24.7 Å². The van der Waals surface area contributed by atoms with Crippen molar-refractivity contribution in [2.75, 3.05) is 20.8 Å². The Bertz CT molecular complexity index is 812. The van der Waals surface area contributed by atoms with Gasteiger partial charge >= 0.3 is 6.18 Å². The number of rotatable bonds is 8. The molecule has 166 valence electrons. The molecule has 0 spiro atoms. The highest BCUT2D eigenvalue weighted by Crippen LogP contribution is 2.23. The molecule has 0 aliphatic carbocycles. The molecule has 5 nitrogen and oxygen atoms in total. The number of benzene rings is 2. The Morgan fingerprint density at radius 1 is 1.00 bits per heavy atom. The lowest BCUT2D eigenvalue weighted by Gasteiger charge is -2.16. The number of methoxy groups -OCH3 is 1. The summed E-state index contributed by atoms with van der Waals surface area (Å²) in [6.07, 6.45) is -4.38. The van der Waals surface area contributed by atoms with Crippen LogP contribution < -0.4 is 15.4 Å². The van der Waals surface area contributed by atoms with Crippen molar-refractivity contribution in [2.24, 2.45) is 4.99 Å². The highest BCUT2D eigenvalue weighted by atomic mass is 127. The summed E-state index contributed by atoms with van der Waals surface area (Å²) >= 11 is 0. The monoisotopic (exact) mass is 537 g/mol. The molecule has 2 N–H and O–H groups in total. The quantitative estimate of drug-likeness (QED) is 0.295. The average molecular weight is 537 g/mol. The molecule has 0 bridgehead atoms. The molecule has 0 saturated heterocycles. The summed E-state index contributed by atoms with van der Waals surface area (Å²) in [6.45, 7) is 1.87. The van der Waals surface area contributed by atoms with Gasteiger partial charge in [-0.25, -0.2) is 0 Å². The zero-order chi connectivity index (χ0) is 21.3. The maximum atomic E-state index is 12.5. The van der Waals surface area contributed by atoms with E-state index in [1.54, 1.807) is 33.2 Å². The predicted molar refractivity (Wildman–Crippen MR) is 122 cm³/mol. The summed E-state index contributed by atoms with van der Waals surface area (Å²) in [5.74, 6) is 0.743. The van der Waals surface area contributed by atoms with Crippen molar-refractivity contribution < 1.29 is 22.6 Å². The maximum absolute atomic E-state index is 12.5. The van der Waals surface area contributed by atoms with E-state index in [4.69, 9.17) is 9.47 Å². The first kappa shape index (κ1) is 26.0. The summed E-state index contributed by atoms with van der Waals surface area (Å²) in [6, 6.07) is 13.2. The first-order valence-electron chi connectivity index (χ1n) is 9.11. The van der Waals surface area contributed by atoms with Gasteiger partial charge in [0, 0.05) is 32.8 Å². The molecular weight excluding hydrogens is 510 g/mol. The lowest BCUT2D eigenvalue weighted by Crippen LogP contribution is -2.36. The highest BCUT2D eigenvalue weighted by molar-refractivity contribution is 14.0. The van der Waals surface area contributed by atoms with Crippen LogP contribution in [-0.2, 0) is 24.4 Å². The van der Waals surface area contributed by atoms with Crippen molar-refractivity contribution in [2.45, 2.75) is 32.8 Å². The van der Waals surface area contributed by atoms with E-state index in [0.717, 1.165) is 16.7 Å². The molecule has 9 heteroatoms. The van der Waals surface area contributed by atoms with E-state index in [1.165, 1.54) is 0 Å². The van der Waals surface area contributed by atoms with Crippen LogP contribution in [0.15, 0.2) is 47.5 Å². The molecule has 0 atom stereocenters. The second-order valence-corrected chi connectivity index (χ2v) is 6.54. The van der Waals surface area contributed by atoms with Crippen LogP contribution in [0, 0.1) is 6.92 Å². The zero-order valence-electron chi connectivity index (χ0n) is 17.2. The fraction of sp³-hybridized carbons (Fsp3) is 0.381. The molecule has 0 amide bonds. The number of guanidine groups is 1. The number of halogens is 4. The fourth-order valence-corrected chi connectivity index (χ4v) is 2.61. The van der Waals surface area contributed by atoms with Gasteiger partial charge in [0.1, 0.15) is 5.75 Å². The van der Waals surface area contributed by atoms with Crippen molar-refractivity contribution in [1.82, 2.24) is 10.6 Å². The van der Waals surface area contributed by atoms with E-state index in [9.17, 15) is 13.2 Å². The summed E-state index contributed by atoms with van der Waals surface area (Å²) in [5.41, 5.74) is 3.60. The van der Waals surface area contributed by atoms with Gasteiger partial charge in [0.05, 0.1) is 6.61 Å². The van der Waals surface area contributed by atoms with E-state index < -0.39 is 12.8 Å². The van der Waals surface area contributed by atoms with Gasteiger partial charge in [0.2, 0.25) is 0 Å². The zero-order valence-corrected chi connectivity index (χ0v) is 19.5. The van der Waals surface area contributed by atoms with Gasteiger partial charge < -0.3 is 20.1 Å². The molecule has 2 rings (SSSR count). The van der Waals surface area contributed by atoms with Gasteiger partial charge in [0.15, 0.2) is 12.6 Å². The second kappa shape index (κ2) is 12.6. The Morgan fingerprint density at radius 3 is 2.23 bits per heavy atom. The molecule has 2 aromatic rings. The maximum Gasteiger partial charge on any atom is 0.422 e. The van der Waals surface area contributed by atoms with Gasteiger partial charge in [-0.1, -0.05) is 36.4 Å². The summed E-state index contributed by atoms with van der Waals surface area (Å²) < 4.78 is 47.6. The molecule has 0 heterocycles. The molecule has 30 heavy (non-hydrogen) atoms.